The van der Waals surface area contributed by atoms with E-state index in [2.05, 4.69) is 4.99 Å². The number of nitro groups is 1. The lowest BCUT2D eigenvalue weighted by Crippen LogP contribution is -2.65. The number of benzene rings is 1. The van der Waals surface area contributed by atoms with Gasteiger partial charge in [-0.2, -0.15) is 4.90 Å². The van der Waals surface area contributed by atoms with Gasteiger partial charge in [-0.25, -0.2) is 22.4 Å². The first-order chi connectivity index (χ1) is 17.7. The third kappa shape index (κ3) is 5.43. The maximum Gasteiger partial charge on any atom is 0.425 e. The molecule has 12 nitrogen and oxygen atoms in total. The highest BCUT2D eigenvalue weighted by Gasteiger charge is 2.63. The van der Waals surface area contributed by atoms with E-state index < -0.39 is 71.9 Å². The number of fused-ring (bicyclic) bond motifs is 3. The number of imide groups is 1. The van der Waals surface area contributed by atoms with Crippen molar-refractivity contribution in [1.82, 2.24) is 4.90 Å². The first kappa shape index (κ1) is 30.3. The number of carbonyl (C=O) groups is 2. The summed E-state index contributed by atoms with van der Waals surface area (Å²) in [5.74, 6) is -0.640. The number of hydrogen-bond donors (Lipinski definition) is 0. The quantitative estimate of drug-likeness (QED) is 0.363. The van der Waals surface area contributed by atoms with Crippen LogP contribution in [0.1, 0.15) is 67.4 Å². The van der Waals surface area contributed by atoms with Crippen molar-refractivity contribution in [3.63, 3.8) is 0 Å². The first-order valence-corrected chi connectivity index (χ1v) is 13.8. The molecule has 0 aromatic heterocycles. The number of non-ortho nitro benzene ring substituents is 1. The van der Waals surface area contributed by atoms with Gasteiger partial charge in [-0.15, -0.1) is 0 Å². The maximum absolute atomic E-state index is 15.3. The number of carbonyl (C=O) groups excluding carboxylic acids is 2. The third-order valence-electron chi connectivity index (χ3n) is 6.31. The average Bonchev–Trinajstić information content (AvgIpc) is 2.92. The SMILES string of the molecule is CC(C)(C)OC(=O)N(C(=O)OC(C)(C)C)C1=N[C@]2(CF)c3cc([N+](=O)[O-])ccc3OCC[C@@H]2S(=O)(=O)C1(C)C. The highest BCUT2D eigenvalue weighted by Crippen LogP contribution is 2.50. The van der Waals surface area contributed by atoms with Crippen molar-refractivity contribution in [1.29, 1.82) is 0 Å². The summed E-state index contributed by atoms with van der Waals surface area (Å²) in [5.41, 5.74) is -5.13. The van der Waals surface area contributed by atoms with E-state index in [1.807, 2.05) is 0 Å². The summed E-state index contributed by atoms with van der Waals surface area (Å²) in [6.45, 7) is 10.2. The summed E-state index contributed by atoms with van der Waals surface area (Å²) < 4.78 is 58.1. The van der Waals surface area contributed by atoms with Gasteiger partial charge in [0.05, 0.1) is 16.8 Å². The fourth-order valence-corrected chi connectivity index (χ4v) is 6.77. The van der Waals surface area contributed by atoms with Crippen LogP contribution in [0.5, 0.6) is 5.75 Å². The number of sulfone groups is 1. The molecule has 3 rings (SSSR count). The van der Waals surface area contributed by atoms with E-state index in [1.54, 1.807) is 41.5 Å². The molecule has 2 atom stereocenters. The Bertz CT molecular complexity index is 1300. The Kier molecular flexibility index (Phi) is 7.54. The van der Waals surface area contributed by atoms with Crippen LogP contribution in [0.25, 0.3) is 0 Å². The van der Waals surface area contributed by atoms with Crippen LogP contribution >= 0.6 is 0 Å². The molecule has 14 heteroatoms. The molecule has 0 unspecified atom stereocenters. The van der Waals surface area contributed by atoms with Crippen LogP contribution in [-0.4, -0.2) is 70.7 Å². The number of amides is 2. The molecule has 1 aromatic rings. The van der Waals surface area contributed by atoms with Gasteiger partial charge < -0.3 is 14.2 Å². The summed E-state index contributed by atoms with van der Waals surface area (Å²) in [7, 11) is -4.46. The second-order valence-electron chi connectivity index (χ2n) is 11.9. The van der Waals surface area contributed by atoms with E-state index in [1.165, 1.54) is 19.9 Å². The second-order valence-corrected chi connectivity index (χ2v) is 14.6. The minimum Gasteiger partial charge on any atom is -0.493 e. The lowest BCUT2D eigenvalue weighted by molar-refractivity contribution is -0.385. The van der Waals surface area contributed by atoms with Gasteiger partial charge in [0.1, 0.15) is 39.7 Å². The van der Waals surface area contributed by atoms with Crippen LogP contribution in [0.2, 0.25) is 0 Å². The van der Waals surface area contributed by atoms with Crippen LogP contribution in [0.15, 0.2) is 23.2 Å². The number of amidine groups is 1. The van der Waals surface area contributed by atoms with E-state index in [0.717, 1.165) is 12.1 Å². The minimum atomic E-state index is -4.46. The lowest BCUT2D eigenvalue weighted by Gasteiger charge is -2.46. The fraction of sp³-hybridized carbons (Fsp3) is 0.640. The van der Waals surface area contributed by atoms with Crippen LogP contribution in [0.3, 0.4) is 0 Å². The van der Waals surface area contributed by atoms with E-state index in [-0.39, 0.29) is 24.3 Å². The molecular weight excluding hydrogens is 537 g/mol. The Morgan fingerprint density at radius 1 is 1.15 bits per heavy atom. The summed E-state index contributed by atoms with van der Waals surface area (Å²) in [6, 6.07) is 3.40. The number of nitrogens with zero attached hydrogens (tertiary/aromatic N) is 3. The molecule has 2 heterocycles. The third-order valence-corrected chi connectivity index (χ3v) is 9.29. The molecule has 0 radical (unpaired) electrons. The number of rotatable bonds is 2. The lowest BCUT2D eigenvalue weighted by atomic mass is 9.85. The van der Waals surface area contributed by atoms with Crippen molar-refractivity contribution in [3.05, 3.63) is 33.9 Å². The van der Waals surface area contributed by atoms with E-state index in [4.69, 9.17) is 14.2 Å². The van der Waals surface area contributed by atoms with Gasteiger partial charge >= 0.3 is 12.2 Å². The largest absolute Gasteiger partial charge is 0.493 e. The number of ether oxygens (including phenoxy) is 3. The molecule has 2 aliphatic rings. The topological polar surface area (TPSA) is 155 Å². The predicted octanol–water partition coefficient (Wildman–Crippen LogP) is 4.69. The van der Waals surface area contributed by atoms with Gasteiger partial charge in [0.2, 0.25) is 0 Å². The van der Waals surface area contributed by atoms with E-state index in [0.29, 0.717) is 4.90 Å². The molecule has 0 bridgehead atoms. The minimum absolute atomic E-state index is 0.000146. The van der Waals surface area contributed by atoms with Crippen molar-refractivity contribution < 1.29 is 41.5 Å². The highest BCUT2D eigenvalue weighted by molar-refractivity contribution is 7.94. The van der Waals surface area contributed by atoms with E-state index in [9.17, 15) is 28.1 Å². The van der Waals surface area contributed by atoms with Crippen LogP contribution in [-0.2, 0) is 24.8 Å². The Labute approximate surface area is 226 Å². The van der Waals surface area contributed by atoms with Crippen LogP contribution < -0.4 is 4.74 Å². The predicted molar refractivity (Wildman–Crippen MR) is 139 cm³/mol. The molecule has 0 saturated heterocycles. The van der Waals surface area contributed by atoms with Crippen molar-refractivity contribution >= 4 is 33.5 Å². The fourth-order valence-electron chi connectivity index (χ4n) is 4.50. The molecule has 216 valence electrons. The zero-order valence-electron chi connectivity index (χ0n) is 23.2. The molecule has 0 fully saturated rings. The van der Waals surface area contributed by atoms with Gasteiger partial charge in [0.15, 0.2) is 9.84 Å². The Morgan fingerprint density at radius 3 is 2.15 bits per heavy atom. The molecular formula is C25H34FN3O9S. The van der Waals surface area contributed by atoms with E-state index >= 15 is 4.39 Å². The highest BCUT2D eigenvalue weighted by atomic mass is 32.2. The Balaban J connectivity index is 2.42. The van der Waals surface area contributed by atoms with Crippen molar-refractivity contribution in [2.45, 2.75) is 88.5 Å². The first-order valence-electron chi connectivity index (χ1n) is 12.3. The average molecular weight is 572 g/mol. The molecule has 2 aliphatic heterocycles. The number of alkyl halides is 1. The number of aliphatic imine (C=N–C) groups is 1. The molecule has 1 aromatic carbocycles. The molecule has 0 spiro atoms. The van der Waals surface area contributed by atoms with Crippen molar-refractivity contribution in [3.8, 4) is 5.75 Å². The van der Waals surface area contributed by atoms with Crippen LogP contribution in [0.4, 0.5) is 19.7 Å². The maximum atomic E-state index is 15.3. The van der Waals surface area contributed by atoms with Gasteiger partial charge in [-0.05, 0) is 61.5 Å². The van der Waals surface area contributed by atoms with Gasteiger partial charge in [-0.1, -0.05) is 0 Å². The number of nitro benzene ring substituents is 1. The summed E-state index contributed by atoms with van der Waals surface area (Å²) >= 11 is 0. The summed E-state index contributed by atoms with van der Waals surface area (Å²) in [5, 5.41) is 10.0. The smallest absolute Gasteiger partial charge is 0.425 e. The van der Waals surface area contributed by atoms with Gasteiger partial charge in [0, 0.05) is 24.1 Å². The van der Waals surface area contributed by atoms with Crippen molar-refractivity contribution in [2.75, 3.05) is 13.3 Å². The van der Waals surface area contributed by atoms with Gasteiger partial charge in [-0.3, -0.25) is 15.1 Å². The standard InChI is InChI=1S/C25H34FN3O9S/c1-22(2,3)37-20(30)28(21(31)38-23(4,5)6)19-24(7,8)39(34,35)18-11-12-36-17-10-9-15(29(32)33)13-16(17)25(18,14-26)27-19/h9-10,13,18H,11-12,14H2,1-8H3/t18-,25+/m0/s1. The number of hydrogen-bond acceptors (Lipinski definition) is 10. The molecule has 0 aliphatic carbocycles. The zero-order chi connectivity index (χ0) is 29.8. The Hall–Kier alpha value is -3.29. The monoisotopic (exact) mass is 571 g/mol. The summed E-state index contributed by atoms with van der Waals surface area (Å²) in [6.07, 6.45) is -2.76. The summed E-state index contributed by atoms with van der Waals surface area (Å²) in [4.78, 5) is 42.5. The van der Waals surface area contributed by atoms with Crippen molar-refractivity contribution in [2.24, 2.45) is 4.99 Å². The normalized spacial score (nSPS) is 23.6. The second kappa shape index (κ2) is 9.72. The number of halogens is 1. The van der Waals surface area contributed by atoms with Crippen LogP contribution in [0, 0.1) is 10.1 Å². The zero-order valence-corrected chi connectivity index (χ0v) is 24.0. The molecule has 39 heavy (non-hydrogen) atoms. The molecule has 0 N–H and O–H groups in total. The van der Waals surface area contributed by atoms with Gasteiger partial charge in [0.25, 0.3) is 5.69 Å². The Morgan fingerprint density at radius 2 is 1.69 bits per heavy atom. The molecule has 0 saturated carbocycles. The molecule has 2 amide bonds.